The molecule has 0 aliphatic carbocycles. The zero-order valence-electron chi connectivity index (χ0n) is 15.5. The van der Waals surface area contributed by atoms with Gasteiger partial charge in [0.2, 0.25) is 0 Å². The Bertz CT molecular complexity index is 947. The van der Waals surface area contributed by atoms with Crippen molar-refractivity contribution >= 4 is 17.3 Å². The van der Waals surface area contributed by atoms with Gasteiger partial charge in [-0.25, -0.2) is 9.78 Å². The molecule has 0 saturated heterocycles. The molecule has 1 heterocycles. The summed E-state index contributed by atoms with van der Waals surface area (Å²) in [6, 6.07) is 11.6. The standard InChI is InChI=1S/C21H21NO4S/c1-13-10-14(2)15(3)19(11-13)26-9-8-25-17-6-4-16(5-7-17)20-22-18(12-27-20)21(23)24/h4-7,10-12H,8-9H2,1-3H3,(H,23,24). The minimum atomic E-state index is -1.02. The van der Waals surface area contributed by atoms with E-state index in [1.165, 1.54) is 27.8 Å². The van der Waals surface area contributed by atoms with Gasteiger partial charge in [-0.2, -0.15) is 0 Å². The lowest BCUT2D eigenvalue weighted by Gasteiger charge is -2.13. The number of nitrogens with zero attached hydrogens (tertiary/aromatic N) is 1. The molecule has 3 aromatic rings. The number of carboxylic acid groups (broad SMARTS) is 1. The summed E-state index contributed by atoms with van der Waals surface area (Å²) in [6.45, 7) is 7.08. The molecule has 5 nitrogen and oxygen atoms in total. The van der Waals surface area contributed by atoms with E-state index in [2.05, 4.69) is 31.8 Å². The Kier molecular flexibility index (Phi) is 5.76. The molecule has 0 aliphatic heterocycles. The molecule has 2 aromatic carbocycles. The van der Waals surface area contributed by atoms with Crippen molar-refractivity contribution in [1.29, 1.82) is 0 Å². The maximum atomic E-state index is 10.9. The Morgan fingerprint density at radius 2 is 1.78 bits per heavy atom. The number of hydrogen-bond donors (Lipinski definition) is 1. The number of thiazole rings is 1. The van der Waals surface area contributed by atoms with Crippen molar-refractivity contribution in [2.24, 2.45) is 0 Å². The maximum Gasteiger partial charge on any atom is 0.355 e. The molecule has 6 heteroatoms. The lowest BCUT2D eigenvalue weighted by molar-refractivity contribution is 0.0691. The summed E-state index contributed by atoms with van der Waals surface area (Å²) in [6.07, 6.45) is 0. The zero-order valence-corrected chi connectivity index (χ0v) is 16.3. The van der Waals surface area contributed by atoms with Gasteiger partial charge in [0.25, 0.3) is 0 Å². The van der Waals surface area contributed by atoms with Crippen molar-refractivity contribution in [2.75, 3.05) is 13.2 Å². The molecular weight excluding hydrogens is 362 g/mol. The smallest absolute Gasteiger partial charge is 0.355 e. The van der Waals surface area contributed by atoms with Gasteiger partial charge in [-0.3, -0.25) is 0 Å². The summed E-state index contributed by atoms with van der Waals surface area (Å²) in [7, 11) is 0. The third-order valence-corrected chi connectivity index (χ3v) is 5.09. The molecule has 0 radical (unpaired) electrons. The van der Waals surface area contributed by atoms with E-state index in [1.54, 1.807) is 0 Å². The van der Waals surface area contributed by atoms with Gasteiger partial charge in [0, 0.05) is 10.9 Å². The van der Waals surface area contributed by atoms with Crippen LogP contribution in [0.25, 0.3) is 10.6 Å². The Morgan fingerprint density at radius 3 is 2.44 bits per heavy atom. The van der Waals surface area contributed by atoms with E-state index >= 15 is 0 Å². The number of aromatic nitrogens is 1. The van der Waals surface area contributed by atoms with Gasteiger partial charge in [-0.15, -0.1) is 11.3 Å². The number of hydrogen-bond acceptors (Lipinski definition) is 5. The highest BCUT2D eigenvalue weighted by Gasteiger charge is 2.10. The van der Waals surface area contributed by atoms with Gasteiger partial charge < -0.3 is 14.6 Å². The van der Waals surface area contributed by atoms with Crippen LogP contribution in [0.2, 0.25) is 0 Å². The Morgan fingerprint density at radius 1 is 1.07 bits per heavy atom. The maximum absolute atomic E-state index is 10.9. The predicted octanol–water partition coefficient (Wildman–Crippen LogP) is 4.89. The van der Waals surface area contributed by atoms with Gasteiger partial charge in [0.1, 0.15) is 29.7 Å². The Balaban J connectivity index is 1.54. The molecule has 1 aromatic heterocycles. The van der Waals surface area contributed by atoms with Crippen molar-refractivity contribution in [3.05, 3.63) is 64.2 Å². The van der Waals surface area contributed by atoms with Gasteiger partial charge in [0.05, 0.1) is 0 Å². The van der Waals surface area contributed by atoms with Crippen LogP contribution in [-0.2, 0) is 0 Å². The first kappa shape index (κ1) is 18.9. The Hall–Kier alpha value is -2.86. The number of aromatic carboxylic acids is 1. The number of aryl methyl sites for hydroxylation is 2. The molecule has 0 aliphatic rings. The number of carbonyl (C=O) groups is 1. The highest BCUT2D eigenvalue weighted by atomic mass is 32.1. The van der Waals surface area contributed by atoms with Crippen LogP contribution in [-0.4, -0.2) is 29.3 Å². The molecule has 0 bridgehead atoms. The molecule has 140 valence electrons. The first-order valence-electron chi connectivity index (χ1n) is 8.57. The molecule has 3 rings (SSSR count). The molecule has 27 heavy (non-hydrogen) atoms. The molecule has 0 atom stereocenters. The lowest BCUT2D eigenvalue weighted by Crippen LogP contribution is -2.10. The molecule has 0 saturated carbocycles. The molecule has 0 amide bonds. The summed E-state index contributed by atoms with van der Waals surface area (Å²) in [5.74, 6) is 0.607. The van der Waals surface area contributed by atoms with Gasteiger partial charge in [-0.05, 0) is 67.8 Å². The monoisotopic (exact) mass is 383 g/mol. The van der Waals surface area contributed by atoms with Crippen LogP contribution in [0.3, 0.4) is 0 Å². The normalized spacial score (nSPS) is 10.6. The van der Waals surface area contributed by atoms with E-state index in [9.17, 15) is 4.79 Å². The average Bonchev–Trinajstić information content (AvgIpc) is 3.13. The van der Waals surface area contributed by atoms with Crippen LogP contribution >= 0.6 is 11.3 Å². The van der Waals surface area contributed by atoms with Crippen molar-refractivity contribution < 1.29 is 19.4 Å². The highest BCUT2D eigenvalue weighted by Crippen LogP contribution is 2.26. The first-order valence-corrected chi connectivity index (χ1v) is 9.44. The van der Waals surface area contributed by atoms with Crippen LogP contribution in [0, 0.1) is 20.8 Å². The van der Waals surface area contributed by atoms with Crippen molar-refractivity contribution in [3.63, 3.8) is 0 Å². The SMILES string of the molecule is Cc1cc(C)c(C)c(OCCOc2ccc(-c3nc(C(=O)O)cs3)cc2)c1. The fourth-order valence-electron chi connectivity index (χ4n) is 2.66. The molecule has 1 N–H and O–H groups in total. The van der Waals surface area contributed by atoms with Crippen LogP contribution in [0.15, 0.2) is 41.8 Å². The molecule has 0 unspecified atom stereocenters. The fraction of sp³-hybridized carbons (Fsp3) is 0.238. The summed E-state index contributed by atoms with van der Waals surface area (Å²) >= 11 is 1.31. The van der Waals surface area contributed by atoms with E-state index < -0.39 is 5.97 Å². The number of benzene rings is 2. The van der Waals surface area contributed by atoms with Crippen molar-refractivity contribution in [3.8, 4) is 22.1 Å². The Labute approximate surface area is 162 Å². The van der Waals surface area contributed by atoms with Gasteiger partial charge >= 0.3 is 5.97 Å². The zero-order chi connectivity index (χ0) is 19.4. The summed E-state index contributed by atoms with van der Waals surface area (Å²) in [5.41, 5.74) is 4.47. The minimum absolute atomic E-state index is 0.0640. The lowest BCUT2D eigenvalue weighted by atomic mass is 10.1. The summed E-state index contributed by atoms with van der Waals surface area (Å²) < 4.78 is 11.6. The second kappa shape index (κ2) is 8.22. The quantitative estimate of drug-likeness (QED) is 0.588. The molecular formula is C21H21NO4S. The van der Waals surface area contributed by atoms with Crippen LogP contribution < -0.4 is 9.47 Å². The summed E-state index contributed by atoms with van der Waals surface area (Å²) in [5, 5.41) is 11.2. The summed E-state index contributed by atoms with van der Waals surface area (Å²) in [4.78, 5) is 15.0. The van der Waals surface area contributed by atoms with E-state index in [-0.39, 0.29) is 5.69 Å². The second-order valence-electron chi connectivity index (χ2n) is 6.27. The molecule has 0 fully saturated rings. The number of ether oxygens (including phenoxy) is 2. The number of rotatable bonds is 7. The third kappa shape index (κ3) is 4.65. The van der Waals surface area contributed by atoms with Crippen molar-refractivity contribution in [2.45, 2.75) is 20.8 Å². The van der Waals surface area contributed by atoms with Crippen molar-refractivity contribution in [1.82, 2.24) is 4.98 Å². The second-order valence-corrected chi connectivity index (χ2v) is 7.13. The van der Waals surface area contributed by atoms with Crippen LogP contribution in [0.1, 0.15) is 27.2 Å². The molecule has 0 spiro atoms. The van der Waals surface area contributed by atoms with E-state index in [1.807, 2.05) is 30.3 Å². The number of carboxylic acids is 1. The highest BCUT2D eigenvalue weighted by molar-refractivity contribution is 7.13. The first-order chi connectivity index (χ1) is 12.9. The average molecular weight is 383 g/mol. The van der Waals surface area contributed by atoms with E-state index in [0.29, 0.717) is 18.2 Å². The van der Waals surface area contributed by atoms with Crippen LogP contribution in [0.4, 0.5) is 0 Å². The van der Waals surface area contributed by atoms with E-state index in [4.69, 9.17) is 14.6 Å². The van der Waals surface area contributed by atoms with Crippen LogP contribution in [0.5, 0.6) is 11.5 Å². The minimum Gasteiger partial charge on any atom is -0.490 e. The fourth-order valence-corrected chi connectivity index (χ4v) is 3.46. The topological polar surface area (TPSA) is 68.7 Å². The van der Waals surface area contributed by atoms with Gasteiger partial charge in [-0.1, -0.05) is 6.07 Å². The van der Waals surface area contributed by atoms with E-state index in [0.717, 1.165) is 22.6 Å². The third-order valence-electron chi connectivity index (χ3n) is 4.20. The largest absolute Gasteiger partial charge is 0.490 e. The van der Waals surface area contributed by atoms with Gasteiger partial charge in [0.15, 0.2) is 5.69 Å². The predicted molar refractivity (Wildman–Crippen MR) is 106 cm³/mol.